The molecular formula is C10H12BrNO2. The average molecular weight is 258 g/mol. The zero-order valence-electron chi connectivity index (χ0n) is 7.97. The maximum absolute atomic E-state index is 11.7. The van der Waals surface area contributed by atoms with Crippen LogP contribution in [0.25, 0.3) is 0 Å². The van der Waals surface area contributed by atoms with Crippen LogP contribution in [0.1, 0.15) is 36.5 Å². The standard InChI is InChI=1S/C10H12BrNO2/c1-10(4-2-5-10)12-9(13)7-3-6-14-8(7)11/h3,6H,2,4-5H2,1H3,(H,12,13). The zero-order chi connectivity index (χ0) is 10.2. The summed E-state index contributed by atoms with van der Waals surface area (Å²) in [4.78, 5) is 11.7. The summed E-state index contributed by atoms with van der Waals surface area (Å²) >= 11 is 3.19. The molecule has 1 heterocycles. The first-order valence-corrected chi connectivity index (χ1v) is 5.46. The summed E-state index contributed by atoms with van der Waals surface area (Å²) in [6.07, 6.45) is 4.83. The van der Waals surface area contributed by atoms with Crippen molar-refractivity contribution in [3.63, 3.8) is 0 Å². The van der Waals surface area contributed by atoms with E-state index in [1.165, 1.54) is 12.7 Å². The fourth-order valence-electron chi connectivity index (χ4n) is 1.63. The van der Waals surface area contributed by atoms with Crippen molar-refractivity contribution in [2.75, 3.05) is 0 Å². The van der Waals surface area contributed by atoms with Crippen LogP contribution in [0.15, 0.2) is 21.4 Å². The molecule has 1 N–H and O–H groups in total. The van der Waals surface area contributed by atoms with E-state index in [1.54, 1.807) is 6.07 Å². The Kier molecular flexibility index (Phi) is 2.39. The molecule has 1 saturated carbocycles. The van der Waals surface area contributed by atoms with E-state index in [9.17, 15) is 4.79 Å². The largest absolute Gasteiger partial charge is 0.457 e. The normalized spacial score (nSPS) is 18.7. The highest BCUT2D eigenvalue weighted by atomic mass is 79.9. The molecule has 1 amide bonds. The van der Waals surface area contributed by atoms with Crippen molar-refractivity contribution in [3.05, 3.63) is 22.6 Å². The number of rotatable bonds is 2. The van der Waals surface area contributed by atoms with Crippen LogP contribution in [0.4, 0.5) is 0 Å². The summed E-state index contributed by atoms with van der Waals surface area (Å²) in [7, 11) is 0. The van der Waals surface area contributed by atoms with E-state index < -0.39 is 0 Å². The first-order valence-electron chi connectivity index (χ1n) is 4.66. The second-order valence-electron chi connectivity index (χ2n) is 3.98. The summed E-state index contributed by atoms with van der Waals surface area (Å²) in [5, 5.41) is 3.01. The number of hydrogen-bond donors (Lipinski definition) is 1. The van der Waals surface area contributed by atoms with Crippen LogP contribution in [-0.4, -0.2) is 11.4 Å². The molecule has 2 rings (SSSR count). The van der Waals surface area contributed by atoms with E-state index >= 15 is 0 Å². The number of nitrogens with one attached hydrogen (secondary N) is 1. The van der Waals surface area contributed by atoms with Gasteiger partial charge in [0.2, 0.25) is 0 Å². The molecular weight excluding hydrogens is 246 g/mol. The lowest BCUT2D eigenvalue weighted by Gasteiger charge is -2.39. The molecule has 0 unspecified atom stereocenters. The van der Waals surface area contributed by atoms with Crippen molar-refractivity contribution in [3.8, 4) is 0 Å². The van der Waals surface area contributed by atoms with Crippen molar-refractivity contribution in [1.29, 1.82) is 0 Å². The number of halogens is 1. The number of carbonyl (C=O) groups excluding carboxylic acids is 1. The predicted octanol–water partition coefficient (Wildman–Crippen LogP) is 2.71. The molecule has 0 bridgehead atoms. The van der Waals surface area contributed by atoms with Gasteiger partial charge in [0.15, 0.2) is 4.67 Å². The second-order valence-corrected chi connectivity index (χ2v) is 4.70. The highest BCUT2D eigenvalue weighted by Crippen LogP contribution is 2.31. The average Bonchev–Trinajstić information content (AvgIpc) is 2.48. The van der Waals surface area contributed by atoms with Gasteiger partial charge in [-0.25, -0.2) is 0 Å². The Morgan fingerprint density at radius 1 is 1.64 bits per heavy atom. The van der Waals surface area contributed by atoms with Gasteiger partial charge < -0.3 is 9.73 Å². The maximum atomic E-state index is 11.7. The van der Waals surface area contributed by atoms with E-state index in [1.807, 2.05) is 0 Å². The fourth-order valence-corrected chi connectivity index (χ4v) is 2.05. The molecule has 1 aromatic heterocycles. The van der Waals surface area contributed by atoms with Crippen molar-refractivity contribution >= 4 is 21.8 Å². The van der Waals surface area contributed by atoms with Gasteiger partial charge in [-0.2, -0.15) is 0 Å². The van der Waals surface area contributed by atoms with Gasteiger partial charge in [-0.15, -0.1) is 0 Å². The van der Waals surface area contributed by atoms with Crippen LogP contribution in [-0.2, 0) is 0 Å². The topological polar surface area (TPSA) is 42.2 Å². The van der Waals surface area contributed by atoms with E-state index in [0.717, 1.165) is 12.8 Å². The number of amides is 1. The van der Waals surface area contributed by atoms with Crippen molar-refractivity contribution in [2.24, 2.45) is 0 Å². The quantitative estimate of drug-likeness (QED) is 0.886. The molecule has 0 spiro atoms. The molecule has 0 atom stereocenters. The molecule has 76 valence electrons. The van der Waals surface area contributed by atoms with Gasteiger partial charge in [-0.1, -0.05) is 0 Å². The molecule has 1 aliphatic carbocycles. The van der Waals surface area contributed by atoms with Crippen LogP contribution < -0.4 is 5.32 Å². The number of furan rings is 1. The van der Waals surface area contributed by atoms with Crippen LogP contribution in [0.3, 0.4) is 0 Å². The Morgan fingerprint density at radius 3 is 2.79 bits per heavy atom. The Morgan fingerprint density at radius 2 is 2.36 bits per heavy atom. The third-order valence-electron chi connectivity index (χ3n) is 2.74. The van der Waals surface area contributed by atoms with Crippen LogP contribution in [0.5, 0.6) is 0 Å². The Hall–Kier alpha value is -0.770. The molecule has 1 fully saturated rings. The van der Waals surface area contributed by atoms with Crippen LogP contribution in [0, 0.1) is 0 Å². The maximum Gasteiger partial charge on any atom is 0.256 e. The molecule has 4 heteroatoms. The minimum absolute atomic E-state index is 0.00616. The lowest BCUT2D eigenvalue weighted by molar-refractivity contribution is 0.0848. The van der Waals surface area contributed by atoms with Gasteiger partial charge in [-0.3, -0.25) is 4.79 Å². The molecule has 0 saturated heterocycles. The smallest absolute Gasteiger partial charge is 0.256 e. The van der Waals surface area contributed by atoms with Crippen molar-refractivity contribution < 1.29 is 9.21 Å². The van der Waals surface area contributed by atoms with Gasteiger partial charge in [0, 0.05) is 5.54 Å². The molecule has 0 aliphatic heterocycles. The van der Waals surface area contributed by atoms with E-state index in [2.05, 4.69) is 28.2 Å². The summed E-state index contributed by atoms with van der Waals surface area (Å²) in [5.74, 6) is -0.0622. The summed E-state index contributed by atoms with van der Waals surface area (Å²) in [6, 6.07) is 1.67. The fraction of sp³-hybridized carbons (Fsp3) is 0.500. The van der Waals surface area contributed by atoms with Gasteiger partial charge in [-0.05, 0) is 48.2 Å². The van der Waals surface area contributed by atoms with Gasteiger partial charge in [0.05, 0.1) is 11.8 Å². The Balaban J connectivity index is 2.06. The summed E-state index contributed by atoms with van der Waals surface area (Å²) in [5.41, 5.74) is 0.562. The minimum Gasteiger partial charge on any atom is -0.457 e. The third kappa shape index (κ3) is 1.71. The van der Waals surface area contributed by atoms with Gasteiger partial charge in [0.25, 0.3) is 5.91 Å². The Labute approximate surface area is 91.0 Å². The van der Waals surface area contributed by atoms with Crippen molar-refractivity contribution in [1.82, 2.24) is 5.32 Å². The SMILES string of the molecule is CC1(NC(=O)c2ccoc2Br)CCC1. The number of carbonyl (C=O) groups is 1. The van der Waals surface area contributed by atoms with E-state index in [-0.39, 0.29) is 11.4 Å². The highest BCUT2D eigenvalue weighted by molar-refractivity contribution is 9.10. The van der Waals surface area contributed by atoms with E-state index in [0.29, 0.717) is 10.2 Å². The molecule has 14 heavy (non-hydrogen) atoms. The molecule has 1 aromatic rings. The molecule has 1 aliphatic rings. The summed E-state index contributed by atoms with van der Waals surface area (Å²) in [6.45, 7) is 2.07. The second kappa shape index (κ2) is 3.42. The lowest BCUT2D eigenvalue weighted by Crippen LogP contribution is -2.50. The van der Waals surface area contributed by atoms with Gasteiger partial charge in [0.1, 0.15) is 0 Å². The Bertz CT molecular complexity index is 355. The van der Waals surface area contributed by atoms with Crippen molar-refractivity contribution in [2.45, 2.75) is 31.7 Å². The third-order valence-corrected chi connectivity index (χ3v) is 3.35. The first-order chi connectivity index (χ1) is 6.61. The summed E-state index contributed by atoms with van der Waals surface area (Å²) < 4.78 is 5.51. The number of hydrogen-bond acceptors (Lipinski definition) is 2. The van der Waals surface area contributed by atoms with Gasteiger partial charge >= 0.3 is 0 Å². The van der Waals surface area contributed by atoms with Crippen LogP contribution >= 0.6 is 15.9 Å². The van der Waals surface area contributed by atoms with Crippen LogP contribution in [0.2, 0.25) is 0 Å². The van der Waals surface area contributed by atoms with E-state index in [4.69, 9.17) is 4.42 Å². The molecule has 0 radical (unpaired) electrons. The first kappa shape index (κ1) is 9.77. The zero-order valence-corrected chi connectivity index (χ0v) is 9.56. The predicted molar refractivity (Wildman–Crippen MR) is 56.1 cm³/mol. The highest BCUT2D eigenvalue weighted by Gasteiger charge is 2.33. The lowest BCUT2D eigenvalue weighted by atomic mass is 9.78. The molecule has 0 aromatic carbocycles. The minimum atomic E-state index is -0.0622. The monoisotopic (exact) mass is 257 g/mol. The molecule has 3 nitrogen and oxygen atoms in total.